The van der Waals surface area contributed by atoms with Gasteiger partial charge < -0.3 is 10.4 Å². The van der Waals surface area contributed by atoms with Gasteiger partial charge in [-0.05, 0) is 12.5 Å². The van der Waals surface area contributed by atoms with Crippen molar-refractivity contribution >= 4 is 11.9 Å². The number of hydrogen-bond donors (Lipinski definition) is 2. The lowest BCUT2D eigenvalue weighted by atomic mass is 9.96. The van der Waals surface area contributed by atoms with E-state index in [1.165, 1.54) is 6.92 Å². The Morgan fingerprint density at radius 2 is 1.89 bits per heavy atom. The summed E-state index contributed by atoms with van der Waals surface area (Å²) < 4.78 is 0. The van der Waals surface area contributed by atoms with E-state index in [-0.39, 0.29) is 17.4 Å². The molecule has 4 heteroatoms. The zero-order chi connectivity index (χ0) is 14.4. The van der Waals surface area contributed by atoms with Gasteiger partial charge in [-0.25, -0.2) is 4.79 Å². The Balaban J connectivity index is 0.000000258. The fourth-order valence-corrected chi connectivity index (χ4v) is 1.63. The van der Waals surface area contributed by atoms with E-state index < -0.39 is 5.97 Å². The van der Waals surface area contributed by atoms with Crippen LogP contribution in [-0.4, -0.2) is 17.0 Å². The molecule has 0 bridgehead atoms. The van der Waals surface area contributed by atoms with Crippen molar-refractivity contribution in [3.05, 3.63) is 60.3 Å². The number of carboxylic acid groups (broad SMARTS) is 1. The first-order chi connectivity index (χ1) is 8.91. The predicted octanol–water partition coefficient (Wildman–Crippen LogP) is 2.45. The number of rotatable bonds is 2. The molecule has 1 amide bonds. The molecule has 1 aromatic rings. The third-order valence-electron chi connectivity index (χ3n) is 2.68. The van der Waals surface area contributed by atoms with Crippen molar-refractivity contribution in [2.45, 2.75) is 19.3 Å². The summed E-state index contributed by atoms with van der Waals surface area (Å²) in [4.78, 5) is 20.7. The van der Waals surface area contributed by atoms with Crippen LogP contribution in [0.25, 0.3) is 0 Å². The van der Waals surface area contributed by atoms with Gasteiger partial charge in [0.2, 0.25) is 5.91 Å². The van der Waals surface area contributed by atoms with Gasteiger partial charge in [-0.3, -0.25) is 4.79 Å². The lowest BCUT2D eigenvalue weighted by molar-refractivity contribution is -0.132. The Morgan fingerprint density at radius 1 is 1.37 bits per heavy atom. The molecule has 1 saturated heterocycles. The molecule has 4 nitrogen and oxygen atoms in total. The number of hydrogen-bond acceptors (Lipinski definition) is 2. The number of benzene rings is 1. The van der Waals surface area contributed by atoms with Gasteiger partial charge in [-0.1, -0.05) is 43.5 Å². The highest BCUT2D eigenvalue weighted by Crippen LogP contribution is 2.29. The second-order valence-corrected chi connectivity index (χ2v) is 4.33. The maximum atomic E-state index is 11.1. The van der Waals surface area contributed by atoms with E-state index in [0.717, 1.165) is 11.3 Å². The number of carbonyl (C=O) groups is 2. The molecule has 100 valence electrons. The molecule has 1 fully saturated rings. The highest BCUT2D eigenvalue weighted by molar-refractivity contribution is 5.84. The second-order valence-electron chi connectivity index (χ2n) is 4.33. The monoisotopic (exact) mass is 259 g/mol. The summed E-state index contributed by atoms with van der Waals surface area (Å²) in [7, 11) is 0. The van der Waals surface area contributed by atoms with Gasteiger partial charge in [0.25, 0.3) is 0 Å². The average molecular weight is 259 g/mol. The number of aliphatic carboxylic acids is 1. The number of carboxylic acids is 1. The summed E-state index contributed by atoms with van der Waals surface area (Å²) in [5.74, 6) is -0.706. The highest BCUT2D eigenvalue weighted by Gasteiger charge is 2.26. The number of allylic oxidation sites excluding steroid dienone is 1. The number of carbonyl (C=O) groups excluding carboxylic acids is 1. The lowest BCUT2D eigenvalue weighted by Crippen LogP contribution is -2.11. The summed E-state index contributed by atoms with van der Waals surface area (Å²) >= 11 is 0. The SMILES string of the molecule is C=C(C)C(=O)O.C=C1NC(=O)CC1c1ccccc1. The minimum Gasteiger partial charge on any atom is -0.478 e. The minimum absolute atomic E-state index is 0.0684. The Bertz CT molecular complexity index is 493. The summed E-state index contributed by atoms with van der Waals surface area (Å²) in [5, 5.41) is 10.6. The normalized spacial score (nSPS) is 17.2. The maximum absolute atomic E-state index is 11.1. The second kappa shape index (κ2) is 6.54. The van der Waals surface area contributed by atoms with E-state index in [2.05, 4.69) is 18.5 Å². The standard InChI is InChI=1S/C11H11NO.C4H6O2/c1-8-10(7-11(13)12-8)9-5-3-2-4-6-9;1-3(2)4(5)6/h2-6,10H,1,7H2,(H,12,13);1H2,2H3,(H,5,6). The van der Waals surface area contributed by atoms with Crippen LogP contribution in [0.3, 0.4) is 0 Å². The van der Waals surface area contributed by atoms with Crippen LogP contribution in [0.2, 0.25) is 0 Å². The van der Waals surface area contributed by atoms with Gasteiger partial charge in [-0.15, -0.1) is 0 Å². The Morgan fingerprint density at radius 3 is 2.26 bits per heavy atom. The molecule has 1 atom stereocenters. The maximum Gasteiger partial charge on any atom is 0.330 e. The van der Waals surface area contributed by atoms with E-state index in [1.807, 2.05) is 30.3 Å². The van der Waals surface area contributed by atoms with Crippen LogP contribution in [0.1, 0.15) is 24.8 Å². The van der Waals surface area contributed by atoms with Crippen LogP contribution in [0.15, 0.2) is 54.8 Å². The van der Waals surface area contributed by atoms with Crippen LogP contribution in [0, 0.1) is 0 Å². The average Bonchev–Trinajstić information content (AvgIpc) is 2.70. The molecule has 0 radical (unpaired) electrons. The topological polar surface area (TPSA) is 66.4 Å². The molecular formula is C15H17NO3. The molecular weight excluding hydrogens is 242 g/mol. The first-order valence-corrected chi connectivity index (χ1v) is 5.84. The zero-order valence-electron chi connectivity index (χ0n) is 10.8. The summed E-state index contributed by atoms with van der Waals surface area (Å²) in [6.45, 7) is 8.43. The van der Waals surface area contributed by atoms with Gasteiger partial charge >= 0.3 is 5.97 Å². The minimum atomic E-state index is -0.935. The predicted molar refractivity (Wildman–Crippen MR) is 73.5 cm³/mol. The molecule has 0 aromatic heterocycles. The zero-order valence-corrected chi connectivity index (χ0v) is 10.8. The van der Waals surface area contributed by atoms with E-state index in [0.29, 0.717) is 6.42 Å². The first-order valence-electron chi connectivity index (χ1n) is 5.84. The van der Waals surface area contributed by atoms with Crippen LogP contribution >= 0.6 is 0 Å². The molecule has 0 aliphatic carbocycles. The van der Waals surface area contributed by atoms with Crippen LogP contribution in [-0.2, 0) is 9.59 Å². The third kappa shape index (κ3) is 4.43. The van der Waals surface area contributed by atoms with Crippen molar-refractivity contribution in [1.82, 2.24) is 5.32 Å². The quantitative estimate of drug-likeness (QED) is 0.802. The van der Waals surface area contributed by atoms with Crippen LogP contribution in [0.5, 0.6) is 0 Å². The molecule has 0 spiro atoms. The van der Waals surface area contributed by atoms with E-state index in [9.17, 15) is 9.59 Å². The third-order valence-corrected chi connectivity index (χ3v) is 2.68. The molecule has 1 heterocycles. The molecule has 19 heavy (non-hydrogen) atoms. The Kier molecular flexibility index (Phi) is 5.06. The highest BCUT2D eigenvalue weighted by atomic mass is 16.4. The summed E-state index contributed by atoms with van der Waals surface area (Å²) in [6, 6.07) is 9.97. The van der Waals surface area contributed by atoms with Crippen molar-refractivity contribution in [1.29, 1.82) is 0 Å². The van der Waals surface area contributed by atoms with Crippen molar-refractivity contribution < 1.29 is 14.7 Å². The Hall–Kier alpha value is -2.36. The van der Waals surface area contributed by atoms with Crippen molar-refractivity contribution in [2.75, 3.05) is 0 Å². The van der Waals surface area contributed by atoms with Crippen LogP contribution in [0.4, 0.5) is 0 Å². The smallest absolute Gasteiger partial charge is 0.330 e. The summed E-state index contributed by atoms with van der Waals surface area (Å²) in [6.07, 6.45) is 0.531. The van der Waals surface area contributed by atoms with Gasteiger partial charge in [0.05, 0.1) is 0 Å². The fraction of sp³-hybridized carbons (Fsp3) is 0.200. The van der Waals surface area contributed by atoms with Crippen molar-refractivity contribution in [3.8, 4) is 0 Å². The van der Waals surface area contributed by atoms with Gasteiger partial charge in [0.15, 0.2) is 0 Å². The molecule has 1 unspecified atom stereocenters. The Labute approximate surface area is 112 Å². The van der Waals surface area contributed by atoms with Gasteiger partial charge in [0.1, 0.15) is 0 Å². The van der Waals surface area contributed by atoms with E-state index >= 15 is 0 Å². The largest absolute Gasteiger partial charge is 0.478 e. The molecule has 0 saturated carbocycles. The van der Waals surface area contributed by atoms with Gasteiger partial charge in [0, 0.05) is 23.6 Å². The van der Waals surface area contributed by atoms with Crippen molar-refractivity contribution in [3.63, 3.8) is 0 Å². The van der Waals surface area contributed by atoms with E-state index in [4.69, 9.17) is 5.11 Å². The molecule has 1 aliphatic rings. The van der Waals surface area contributed by atoms with Crippen molar-refractivity contribution in [2.24, 2.45) is 0 Å². The molecule has 2 N–H and O–H groups in total. The summed E-state index contributed by atoms with van der Waals surface area (Å²) in [5.41, 5.74) is 2.15. The molecule has 2 rings (SSSR count). The number of nitrogens with one attached hydrogen (secondary N) is 1. The molecule has 1 aromatic carbocycles. The van der Waals surface area contributed by atoms with Crippen LogP contribution < -0.4 is 5.32 Å². The molecule has 1 aliphatic heterocycles. The fourth-order valence-electron chi connectivity index (χ4n) is 1.63. The van der Waals surface area contributed by atoms with E-state index in [1.54, 1.807) is 0 Å². The number of amides is 1. The first kappa shape index (κ1) is 14.7. The van der Waals surface area contributed by atoms with Gasteiger partial charge in [-0.2, -0.15) is 0 Å². The lowest BCUT2D eigenvalue weighted by Gasteiger charge is -2.08.